The van der Waals surface area contributed by atoms with Crippen LogP contribution in [0.4, 0.5) is 8.78 Å². The van der Waals surface area contributed by atoms with Crippen molar-refractivity contribution in [3.63, 3.8) is 0 Å². The highest BCUT2D eigenvalue weighted by Gasteiger charge is 2.15. The maximum Gasteiger partial charge on any atom is 0.158 e. The number of fused-ring (bicyclic) bond motifs is 1. The SMILES string of the molecule is Fc1ccccc1F.NC1CCCCc2cccnc21. The Morgan fingerprint density at radius 3 is 2.35 bits per heavy atom. The fourth-order valence-electron chi connectivity index (χ4n) is 2.25. The molecule has 0 bridgehead atoms. The zero-order chi connectivity index (χ0) is 14.4. The molecule has 1 aromatic carbocycles. The zero-order valence-corrected chi connectivity index (χ0v) is 11.2. The molecule has 1 atom stereocenters. The van der Waals surface area contributed by atoms with Crippen LogP contribution < -0.4 is 5.73 Å². The number of halogens is 2. The minimum absolute atomic E-state index is 0.170. The molecule has 20 heavy (non-hydrogen) atoms. The smallest absolute Gasteiger partial charge is 0.158 e. The Morgan fingerprint density at radius 2 is 1.70 bits per heavy atom. The van der Waals surface area contributed by atoms with Gasteiger partial charge in [0.05, 0.1) is 5.69 Å². The van der Waals surface area contributed by atoms with Gasteiger partial charge in [0.1, 0.15) is 0 Å². The van der Waals surface area contributed by atoms with Crippen LogP contribution in [-0.4, -0.2) is 4.98 Å². The Hall–Kier alpha value is -1.81. The van der Waals surface area contributed by atoms with E-state index in [-0.39, 0.29) is 6.04 Å². The summed E-state index contributed by atoms with van der Waals surface area (Å²) in [6.07, 6.45) is 6.56. The third-order valence-electron chi connectivity index (χ3n) is 3.31. The van der Waals surface area contributed by atoms with Crippen LogP contribution in [0, 0.1) is 11.6 Å². The molecule has 2 aromatic rings. The first kappa shape index (κ1) is 14.6. The minimum Gasteiger partial charge on any atom is -0.323 e. The summed E-state index contributed by atoms with van der Waals surface area (Å²) in [4.78, 5) is 4.34. The van der Waals surface area contributed by atoms with E-state index in [1.165, 1.54) is 30.5 Å². The van der Waals surface area contributed by atoms with E-state index in [4.69, 9.17) is 5.73 Å². The average molecular weight is 276 g/mol. The van der Waals surface area contributed by atoms with Crippen LogP contribution in [0.1, 0.15) is 36.6 Å². The van der Waals surface area contributed by atoms with Crippen LogP contribution in [0.2, 0.25) is 0 Å². The molecule has 3 rings (SSSR count). The van der Waals surface area contributed by atoms with Crippen molar-refractivity contribution >= 4 is 0 Å². The summed E-state index contributed by atoms with van der Waals surface area (Å²) in [6, 6.07) is 9.36. The van der Waals surface area contributed by atoms with Gasteiger partial charge < -0.3 is 5.73 Å². The Morgan fingerprint density at radius 1 is 1.00 bits per heavy atom. The lowest BCUT2D eigenvalue weighted by atomic mass is 10.1. The molecule has 1 unspecified atom stereocenters. The number of aromatic nitrogens is 1. The van der Waals surface area contributed by atoms with Crippen molar-refractivity contribution in [1.82, 2.24) is 4.98 Å². The van der Waals surface area contributed by atoms with E-state index >= 15 is 0 Å². The molecular weight excluding hydrogens is 258 g/mol. The predicted octanol–water partition coefficient (Wildman–Crippen LogP) is 3.77. The summed E-state index contributed by atoms with van der Waals surface area (Å²) in [7, 11) is 0. The maximum absolute atomic E-state index is 11.9. The van der Waals surface area contributed by atoms with Gasteiger partial charge in [-0.15, -0.1) is 0 Å². The molecule has 0 radical (unpaired) electrons. The van der Waals surface area contributed by atoms with Crippen molar-refractivity contribution in [2.75, 3.05) is 0 Å². The Kier molecular flexibility index (Phi) is 5.18. The van der Waals surface area contributed by atoms with Crippen LogP contribution >= 0.6 is 0 Å². The maximum atomic E-state index is 11.9. The molecule has 1 heterocycles. The summed E-state index contributed by atoms with van der Waals surface area (Å²) >= 11 is 0. The van der Waals surface area contributed by atoms with E-state index < -0.39 is 11.6 Å². The lowest BCUT2D eigenvalue weighted by molar-refractivity contribution is 0.508. The second-order valence-electron chi connectivity index (χ2n) is 4.81. The van der Waals surface area contributed by atoms with Crippen LogP contribution in [0.25, 0.3) is 0 Å². The fourth-order valence-corrected chi connectivity index (χ4v) is 2.25. The summed E-state index contributed by atoms with van der Waals surface area (Å²) < 4.78 is 23.9. The number of rotatable bonds is 0. The van der Waals surface area contributed by atoms with Gasteiger partial charge in [0.2, 0.25) is 0 Å². The normalized spacial score (nSPS) is 17.4. The van der Waals surface area contributed by atoms with Gasteiger partial charge in [-0.2, -0.15) is 0 Å². The van der Waals surface area contributed by atoms with Crippen LogP contribution in [-0.2, 0) is 6.42 Å². The summed E-state index contributed by atoms with van der Waals surface area (Å²) in [5, 5.41) is 0. The summed E-state index contributed by atoms with van der Waals surface area (Å²) in [6.45, 7) is 0. The molecule has 0 aliphatic heterocycles. The first-order chi connectivity index (χ1) is 9.68. The number of hydrogen-bond donors (Lipinski definition) is 1. The second-order valence-corrected chi connectivity index (χ2v) is 4.81. The lowest BCUT2D eigenvalue weighted by Gasteiger charge is -2.09. The number of benzene rings is 1. The second kappa shape index (κ2) is 7.10. The molecule has 1 aliphatic rings. The van der Waals surface area contributed by atoms with E-state index in [9.17, 15) is 8.78 Å². The molecule has 0 spiro atoms. The van der Waals surface area contributed by atoms with Crippen molar-refractivity contribution in [3.05, 3.63) is 65.5 Å². The Bertz CT molecular complexity index is 537. The first-order valence-corrected chi connectivity index (χ1v) is 6.78. The molecule has 0 saturated carbocycles. The monoisotopic (exact) mass is 276 g/mol. The average Bonchev–Trinajstić information content (AvgIpc) is 2.65. The van der Waals surface area contributed by atoms with Gasteiger partial charge in [0.15, 0.2) is 11.6 Å². The molecule has 1 aromatic heterocycles. The molecule has 0 saturated heterocycles. The first-order valence-electron chi connectivity index (χ1n) is 6.78. The molecule has 0 fully saturated rings. The summed E-state index contributed by atoms with van der Waals surface area (Å²) in [5.74, 6) is -1.60. The molecule has 106 valence electrons. The minimum atomic E-state index is -0.799. The number of aryl methyl sites for hydroxylation is 1. The largest absolute Gasteiger partial charge is 0.323 e. The van der Waals surface area contributed by atoms with E-state index in [2.05, 4.69) is 11.1 Å². The number of pyridine rings is 1. The molecular formula is C16H18F2N2. The molecule has 4 heteroatoms. The van der Waals surface area contributed by atoms with E-state index in [1.54, 1.807) is 0 Å². The molecule has 0 amide bonds. The van der Waals surface area contributed by atoms with E-state index in [0.29, 0.717) is 0 Å². The van der Waals surface area contributed by atoms with Gasteiger partial charge in [0, 0.05) is 12.2 Å². The molecule has 2 N–H and O–H groups in total. The van der Waals surface area contributed by atoms with E-state index in [0.717, 1.165) is 30.7 Å². The van der Waals surface area contributed by atoms with Crippen LogP contribution in [0.5, 0.6) is 0 Å². The number of hydrogen-bond acceptors (Lipinski definition) is 2. The Balaban J connectivity index is 0.000000160. The van der Waals surface area contributed by atoms with Crippen molar-refractivity contribution < 1.29 is 8.78 Å². The van der Waals surface area contributed by atoms with Crippen molar-refractivity contribution in [2.45, 2.75) is 31.7 Å². The Labute approximate surface area is 117 Å². The summed E-state index contributed by atoms with van der Waals surface area (Å²) in [5.41, 5.74) is 8.45. The number of nitrogens with zero attached hydrogens (tertiary/aromatic N) is 1. The highest BCUT2D eigenvalue weighted by molar-refractivity contribution is 5.23. The standard InChI is InChI=1S/C10H14N2.C6H4F2/c11-9-6-2-1-4-8-5-3-7-12-10(8)9;7-5-3-1-2-4-6(5)8/h3,5,7,9H,1-2,4,6,11H2;1-4H. The third kappa shape index (κ3) is 3.84. The third-order valence-corrected chi connectivity index (χ3v) is 3.31. The van der Waals surface area contributed by atoms with Crippen molar-refractivity contribution in [1.29, 1.82) is 0 Å². The van der Waals surface area contributed by atoms with Gasteiger partial charge in [0.25, 0.3) is 0 Å². The predicted molar refractivity (Wildman–Crippen MR) is 75.1 cm³/mol. The van der Waals surface area contributed by atoms with E-state index in [1.807, 2.05) is 12.3 Å². The van der Waals surface area contributed by atoms with Gasteiger partial charge in [-0.1, -0.05) is 24.6 Å². The molecule has 2 nitrogen and oxygen atoms in total. The van der Waals surface area contributed by atoms with Gasteiger partial charge in [-0.25, -0.2) is 8.78 Å². The van der Waals surface area contributed by atoms with Crippen LogP contribution in [0.15, 0.2) is 42.6 Å². The number of nitrogens with two attached hydrogens (primary N) is 1. The quantitative estimate of drug-likeness (QED) is 0.744. The van der Waals surface area contributed by atoms with Gasteiger partial charge >= 0.3 is 0 Å². The van der Waals surface area contributed by atoms with Crippen molar-refractivity contribution in [2.24, 2.45) is 5.73 Å². The van der Waals surface area contributed by atoms with Gasteiger partial charge in [-0.3, -0.25) is 4.98 Å². The molecule has 1 aliphatic carbocycles. The topological polar surface area (TPSA) is 38.9 Å². The van der Waals surface area contributed by atoms with Gasteiger partial charge in [-0.05, 0) is 43.0 Å². The van der Waals surface area contributed by atoms with Crippen LogP contribution in [0.3, 0.4) is 0 Å². The lowest BCUT2D eigenvalue weighted by Crippen LogP contribution is -2.12. The highest BCUT2D eigenvalue weighted by Crippen LogP contribution is 2.24. The fraction of sp³-hybridized carbons (Fsp3) is 0.312. The zero-order valence-electron chi connectivity index (χ0n) is 11.2. The highest BCUT2D eigenvalue weighted by atomic mass is 19.2. The van der Waals surface area contributed by atoms with Crippen molar-refractivity contribution in [3.8, 4) is 0 Å².